The largest absolute Gasteiger partial charge is 0.481 e. The van der Waals surface area contributed by atoms with E-state index in [0.717, 1.165) is 20.0 Å². The highest BCUT2D eigenvalue weighted by Gasteiger charge is 2.29. The van der Waals surface area contributed by atoms with Crippen molar-refractivity contribution in [1.29, 1.82) is 0 Å². The molecule has 4 heteroatoms. The molecule has 1 fully saturated rings. The number of aliphatic hydroxyl groups excluding tert-OH is 1. The molecule has 1 heterocycles. The highest BCUT2D eigenvalue weighted by molar-refractivity contribution is 5.62. The van der Waals surface area contributed by atoms with Crippen LogP contribution in [-0.2, 0) is 9.53 Å². The third kappa shape index (κ3) is 5.94. The standard InChI is InChI=1S/C8H16O2.C2H4O2/c1-7-3-4-8(2,6-9)10-5-7;1-2(3)4/h7,9H,3-6H2,1-2H3;1H3,(H,3,4). The van der Waals surface area contributed by atoms with Gasteiger partial charge in [0.05, 0.1) is 12.2 Å². The summed E-state index contributed by atoms with van der Waals surface area (Å²) < 4.78 is 5.48. The van der Waals surface area contributed by atoms with Gasteiger partial charge in [-0.05, 0) is 25.7 Å². The lowest BCUT2D eigenvalue weighted by atomic mass is 9.92. The van der Waals surface area contributed by atoms with Crippen molar-refractivity contribution in [2.75, 3.05) is 13.2 Å². The molecule has 1 aliphatic heterocycles. The number of carboxylic acid groups (broad SMARTS) is 1. The Morgan fingerprint density at radius 3 is 2.43 bits per heavy atom. The Morgan fingerprint density at radius 2 is 2.14 bits per heavy atom. The monoisotopic (exact) mass is 204 g/mol. The SMILES string of the molecule is CC(=O)O.CC1CCC(C)(CO)OC1. The van der Waals surface area contributed by atoms with Crippen molar-refractivity contribution in [2.24, 2.45) is 5.92 Å². The molecule has 2 unspecified atom stereocenters. The zero-order valence-corrected chi connectivity index (χ0v) is 9.12. The first kappa shape index (κ1) is 13.4. The average Bonchev–Trinajstić information content (AvgIpc) is 2.10. The van der Waals surface area contributed by atoms with Crippen molar-refractivity contribution >= 4 is 5.97 Å². The summed E-state index contributed by atoms with van der Waals surface area (Å²) in [6.45, 7) is 6.19. The Kier molecular flexibility index (Phi) is 5.72. The molecular weight excluding hydrogens is 184 g/mol. The van der Waals surface area contributed by atoms with Gasteiger partial charge in [-0.25, -0.2) is 0 Å². The van der Waals surface area contributed by atoms with Crippen LogP contribution in [0.4, 0.5) is 0 Å². The number of aliphatic hydroxyl groups is 1. The topological polar surface area (TPSA) is 66.8 Å². The van der Waals surface area contributed by atoms with Gasteiger partial charge in [-0.15, -0.1) is 0 Å². The Balaban J connectivity index is 0.000000364. The van der Waals surface area contributed by atoms with Crippen LogP contribution in [-0.4, -0.2) is 35.0 Å². The minimum Gasteiger partial charge on any atom is -0.481 e. The summed E-state index contributed by atoms with van der Waals surface area (Å²) in [6, 6.07) is 0. The number of hydrogen-bond acceptors (Lipinski definition) is 3. The van der Waals surface area contributed by atoms with Crippen LogP contribution in [0.1, 0.15) is 33.6 Å². The van der Waals surface area contributed by atoms with Crippen molar-refractivity contribution in [1.82, 2.24) is 0 Å². The van der Waals surface area contributed by atoms with Gasteiger partial charge in [0.15, 0.2) is 0 Å². The third-order valence-electron chi connectivity index (χ3n) is 2.22. The molecule has 0 aliphatic carbocycles. The van der Waals surface area contributed by atoms with E-state index in [2.05, 4.69) is 6.92 Å². The van der Waals surface area contributed by atoms with Gasteiger partial charge < -0.3 is 14.9 Å². The second-order valence-corrected chi connectivity index (χ2v) is 4.08. The van der Waals surface area contributed by atoms with Crippen molar-refractivity contribution < 1.29 is 19.7 Å². The summed E-state index contributed by atoms with van der Waals surface area (Å²) in [6.07, 6.45) is 2.17. The first-order valence-corrected chi connectivity index (χ1v) is 4.84. The lowest BCUT2D eigenvalue weighted by Crippen LogP contribution is -2.39. The van der Waals surface area contributed by atoms with Crippen molar-refractivity contribution in [3.63, 3.8) is 0 Å². The van der Waals surface area contributed by atoms with Crippen LogP contribution in [0.15, 0.2) is 0 Å². The molecule has 14 heavy (non-hydrogen) atoms. The first-order chi connectivity index (χ1) is 6.39. The molecule has 0 aromatic heterocycles. The van der Waals surface area contributed by atoms with Crippen LogP contribution in [0.25, 0.3) is 0 Å². The highest BCUT2D eigenvalue weighted by Crippen LogP contribution is 2.26. The molecular formula is C10H20O4. The summed E-state index contributed by atoms with van der Waals surface area (Å²) in [5.41, 5.74) is -0.244. The molecule has 0 spiro atoms. The second kappa shape index (κ2) is 5.98. The van der Waals surface area contributed by atoms with Crippen LogP contribution in [0.3, 0.4) is 0 Å². The van der Waals surface area contributed by atoms with Gasteiger partial charge in [0, 0.05) is 13.5 Å². The van der Waals surface area contributed by atoms with Gasteiger partial charge in [-0.3, -0.25) is 4.79 Å². The molecule has 1 rings (SSSR count). The minimum absolute atomic E-state index is 0.152. The maximum atomic E-state index is 9.00. The van der Waals surface area contributed by atoms with Crippen LogP contribution in [0.2, 0.25) is 0 Å². The quantitative estimate of drug-likeness (QED) is 0.675. The van der Waals surface area contributed by atoms with E-state index in [1.165, 1.54) is 6.42 Å². The summed E-state index contributed by atoms with van der Waals surface area (Å²) in [5, 5.41) is 16.3. The molecule has 2 N–H and O–H groups in total. The van der Waals surface area contributed by atoms with E-state index in [-0.39, 0.29) is 12.2 Å². The number of hydrogen-bond donors (Lipinski definition) is 2. The fourth-order valence-electron chi connectivity index (χ4n) is 1.18. The van der Waals surface area contributed by atoms with E-state index in [9.17, 15) is 0 Å². The fourth-order valence-corrected chi connectivity index (χ4v) is 1.18. The molecule has 1 aliphatic rings. The number of carboxylic acids is 1. The number of ether oxygens (including phenoxy) is 1. The van der Waals surface area contributed by atoms with E-state index < -0.39 is 5.97 Å². The van der Waals surface area contributed by atoms with Gasteiger partial charge in [-0.2, -0.15) is 0 Å². The zero-order valence-electron chi connectivity index (χ0n) is 9.12. The van der Waals surface area contributed by atoms with Crippen molar-refractivity contribution in [3.05, 3.63) is 0 Å². The van der Waals surface area contributed by atoms with E-state index in [1.54, 1.807) is 0 Å². The molecule has 0 aromatic rings. The molecule has 1 saturated heterocycles. The molecule has 0 radical (unpaired) electrons. The van der Waals surface area contributed by atoms with Gasteiger partial charge in [0.2, 0.25) is 0 Å². The van der Waals surface area contributed by atoms with Gasteiger partial charge in [0.25, 0.3) is 5.97 Å². The van der Waals surface area contributed by atoms with Crippen molar-refractivity contribution in [3.8, 4) is 0 Å². The molecule has 0 bridgehead atoms. The van der Waals surface area contributed by atoms with E-state index in [0.29, 0.717) is 5.92 Å². The number of rotatable bonds is 1. The Labute approximate surface area is 84.9 Å². The van der Waals surface area contributed by atoms with Crippen LogP contribution < -0.4 is 0 Å². The molecule has 84 valence electrons. The molecule has 0 amide bonds. The van der Waals surface area contributed by atoms with E-state index >= 15 is 0 Å². The molecule has 4 nitrogen and oxygen atoms in total. The lowest BCUT2D eigenvalue weighted by molar-refractivity contribution is -0.134. The maximum absolute atomic E-state index is 9.00. The predicted octanol–water partition coefficient (Wildman–Crippen LogP) is 1.27. The third-order valence-corrected chi connectivity index (χ3v) is 2.22. The van der Waals surface area contributed by atoms with E-state index in [1.807, 2.05) is 6.92 Å². The van der Waals surface area contributed by atoms with Gasteiger partial charge in [-0.1, -0.05) is 6.92 Å². The summed E-state index contributed by atoms with van der Waals surface area (Å²) in [7, 11) is 0. The Morgan fingerprint density at radius 1 is 1.64 bits per heavy atom. The number of aliphatic carboxylic acids is 1. The van der Waals surface area contributed by atoms with Gasteiger partial charge >= 0.3 is 0 Å². The van der Waals surface area contributed by atoms with Crippen molar-refractivity contribution in [2.45, 2.75) is 39.2 Å². The highest BCUT2D eigenvalue weighted by atomic mass is 16.5. The number of carbonyl (C=O) groups is 1. The predicted molar refractivity (Wildman–Crippen MR) is 53.2 cm³/mol. The van der Waals surface area contributed by atoms with Crippen LogP contribution >= 0.6 is 0 Å². The zero-order chi connectivity index (χ0) is 11.2. The molecule has 0 aromatic carbocycles. The lowest BCUT2D eigenvalue weighted by Gasteiger charge is -2.34. The molecule has 2 atom stereocenters. The first-order valence-electron chi connectivity index (χ1n) is 4.84. The van der Waals surface area contributed by atoms with Crippen LogP contribution in [0.5, 0.6) is 0 Å². The second-order valence-electron chi connectivity index (χ2n) is 4.08. The van der Waals surface area contributed by atoms with E-state index in [4.69, 9.17) is 19.7 Å². The smallest absolute Gasteiger partial charge is 0.300 e. The summed E-state index contributed by atoms with van der Waals surface area (Å²) in [4.78, 5) is 9.00. The normalized spacial score (nSPS) is 31.6. The Bertz CT molecular complexity index is 167. The molecule has 0 saturated carbocycles. The minimum atomic E-state index is -0.833. The summed E-state index contributed by atoms with van der Waals surface area (Å²) >= 11 is 0. The van der Waals surface area contributed by atoms with Gasteiger partial charge in [0.1, 0.15) is 0 Å². The maximum Gasteiger partial charge on any atom is 0.300 e. The van der Waals surface area contributed by atoms with Crippen LogP contribution in [0, 0.1) is 5.92 Å². The Hall–Kier alpha value is -0.610. The summed E-state index contributed by atoms with van der Waals surface area (Å²) in [5.74, 6) is -0.167. The fraction of sp³-hybridized carbons (Fsp3) is 0.900. The average molecular weight is 204 g/mol.